The summed E-state index contributed by atoms with van der Waals surface area (Å²) >= 11 is 0. The summed E-state index contributed by atoms with van der Waals surface area (Å²) in [5, 5.41) is 2.73. The van der Waals surface area contributed by atoms with E-state index >= 15 is 0 Å². The maximum atomic E-state index is 12.4. The average molecular weight is 396 g/mol. The van der Waals surface area contributed by atoms with Gasteiger partial charge in [0.25, 0.3) is 5.91 Å². The number of carbonyl (C=O) groups excluding carboxylic acids is 2. The number of benzene rings is 2. The van der Waals surface area contributed by atoms with Crippen LogP contribution in [0.3, 0.4) is 0 Å². The van der Waals surface area contributed by atoms with Crippen molar-refractivity contribution in [3.05, 3.63) is 59.7 Å². The van der Waals surface area contributed by atoms with Crippen LogP contribution in [0.5, 0.6) is 5.75 Å². The second-order valence-corrected chi connectivity index (χ2v) is 7.30. The van der Waals surface area contributed by atoms with Crippen LogP contribution < -0.4 is 10.1 Å². The highest BCUT2D eigenvalue weighted by Crippen LogP contribution is 2.16. The molecule has 0 aliphatic carbocycles. The highest BCUT2D eigenvalue weighted by atomic mass is 16.5. The molecular formula is C23H28N2O4. The van der Waals surface area contributed by atoms with E-state index in [-0.39, 0.29) is 5.91 Å². The van der Waals surface area contributed by atoms with Crippen molar-refractivity contribution in [2.45, 2.75) is 38.8 Å². The van der Waals surface area contributed by atoms with Crippen LogP contribution in [0.4, 0.5) is 5.69 Å². The summed E-state index contributed by atoms with van der Waals surface area (Å²) in [4.78, 5) is 27.1. The van der Waals surface area contributed by atoms with Crippen molar-refractivity contribution in [2.75, 3.05) is 25.5 Å². The lowest BCUT2D eigenvalue weighted by Crippen LogP contribution is -2.30. The molecule has 1 N–H and O–H groups in total. The monoisotopic (exact) mass is 396 g/mol. The van der Waals surface area contributed by atoms with E-state index in [1.165, 1.54) is 24.8 Å². The minimum Gasteiger partial charge on any atom is -0.497 e. The largest absolute Gasteiger partial charge is 0.497 e. The number of nitrogens with one attached hydrogen (secondary N) is 1. The Hall–Kier alpha value is -2.86. The Balaban J connectivity index is 1.50. The number of methoxy groups -OCH3 is 1. The molecule has 1 aliphatic heterocycles. The van der Waals surface area contributed by atoms with Gasteiger partial charge in [-0.05, 0) is 74.8 Å². The van der Waals surface area contributed by atoms with Crippen LogP contribution in [-0.2, 0) is 16.1 Å². The van der Waals surface area contributed by atoms with Gasteiger partial charge in [0.05, 0.1) is 12.7 Å². The van der Waals surface area contributed by atoms with Gasteiger partial charge in [0, 0.05) is 12.2 Å². The Labute approximate surface area is 171 Å². The Morgan fingerprint density at radius 2 is 1.66 bits per heavy atom. The first-order chi connectivity index (χ1) is 14.0. The maximum Gasteiger partial charge on any atom is 0.338 e. The normalized spacial score (nSPS) is 15.4. The lowest BCUT2D eigenvalue weighted by Gasteiger charge is -2.26. The summed E-state index contributed by atoms with van der Waals surface area (Å²) in [6.07, 6.45) is 2.91. The number of hydrogen-bond donors (Lipinski definition) is 1. The van der Waals surface area contributed by atoms with Crippen LogP contribution in [0.1, 0.15) is 42.1 Å². The Kier molecular flexibility index (Phi) is 7.25. The van der Waals surface area contributed by atoms with E-state index in [1.807, 2.05) is 12.1 Å². The van der Waals surface area contributed by atoms with Gasteiger partial charge in [0.2, 0.25) is 0 Å². The number of piperidine rings is 1. The minimum absolute atomic E-state index is 0.384. The molecule has 2 aromatic rings. The summed E-state index contributed by atoms with van der Waals surface area (Å²) < 4.78 is 10.4. The van der Waals surface area contributed by atoms with E-state index in [4.69, 9.17) is 9.47 Å². The molecule has 154 valence electrons. The highest BCUT2D eigenvalue weighted by Gasteiger charge is 2.19. The van der Waals surface area contributed by atoms with Crippen LogP contribution in [0.15, 0.2) is 48.5 Å². The lowest BCUT2D eigenvalue weighted by molar-refractivity contribution is -0.123. The van der Waals surface area contributed by atoms with E-state index < -0.39 is 12.1 Å². The third-order valence-corrected chi connectivity index (χ3v) is 5.06. The van der Waals surface area contributed by atoms with Crippen LogP contribution in [0.25, 0.3) is 0 Å². The summed E-state index contributed by atoms with van der Waals surface area (Å²) in [5.41, 5.74) is 2.23. The fraction of sp³-hybridized carbons (Fsp3) is 0.391. The van der Waals surface area contributed by atoms with Crippen LogP contribution >= 0.6 is 0 Å². The number of likely N-dealkylation sites (tertiary alicyclic amines) is 1. The smallest absolute Gasteiger partial charge is 0.338 e. The molecule has 6 heteroatoms. The van der Waals surface area contributed by atoms with Crippen molar-refractivity contribution < 1.29 is 19.1 Å². The van der Waals surface area contributed by atoms with Crippen molar-refractivity contribution in [2.24, 2.45) is 0 Å². The standard InChI is InChI=1S/C23H28N2O4/c1-17(22(26)24-20-10-12-21(28-2)13-11-20)29-23(27)19-8-6-18(7-9-19)16-25-14-4-3-5-15-25/h6-13,17H,3-5,14-16H2,1-2H3,(H,24,26). The number of nitrogens with zero attached hydrogens (tertiary/aromatic N) is 1. The van der Waals surface area contributed by atoms with E-state index in [2.05, 4.69) is 10.2 Å². The quantitative estimate of drug-likeness (QED) is 0.720. The molecule has 1 aliphatic rings. The van der Waals surface area contributed by atoms with E-state index in [0.717, 1.165) is 19.6 Å². The Morgan fingerprint density at radius 1 is 1.00 bits per heavy atom. The predicted molar refractivity (Wildman–Crippen MR) is 112 cm³/mol. The van der Waals surface area contributed by atoms with Crippen LogP contribution in [-0.4, -0.2) is 43.1 Å². The van der Waals surface area contributed by atoms with Crippen molar-refractivity contribution >= 4 is 17.6 Å². The first-order valence-corrected chi connectivity index (χ1v) is 10.0. The fourth-order valence-electron chi connectivity index (χ4n) is 3.32. The number of carbonyl (C=O) groups is 2. The summed E-state index contributed by atoms with van der Waals surface area (Å²) in [5.74, 6) is -0.191. The maximum absolute atomic E-state index is 12.4. The molecule has 1 unspecified atom stereocenters. The molecule has 1 saturated heterocycles. The number of anilines is 1. The van der Waals surface area contributed by atoms with Gasteiger partial charge in [-0.1, -0.05) is 18.6 Å². The van der Waals surface area contributed by atoms with Gasteiger partial charge in [-0.3, -0.25) is 9.69 Å². The molecule has 1 atom stereocenters. The molecule has 1 amide bonds. The zero-order valence-corrected chi connectivity index (χ0v) is 17.0. The molecule has 2 aromatic carbocycles. The molecule has 6 nitrogen and oxygen atoms in total. The average Bonchev–Trinajstić information content (AvgIpc) is 2.75. The first kappa shape index (κ1) is 20.9. The van der Waals surface area contributed by atoms with Gasteiger partial charge in [-0.25, -0.2) is 4.79 Å². The molecular weight excluding hydrogens is 368 g/mol. The third kappa shape index (κ3) is 6.06. The van der Waals surface area contributed by atoms with Crippen LogP contribution in [0, 0.1) is 0 Å². The number of ether oxygens (including phenoxy) is 2. The SMILES string of the molecule is COc1ccc(NC(=O)C(C)OC(=O)c2ccc(CN3CCCCC3)cc2)cc1. The first-order valence-electron chi connectivity index (χ1n) is 10.0. The summed E-state index contributed by atoms with van der Waals surface area (Å²) in [7, 11) is 1.58. The number of hydrogen-bond acceptors (Lipinski definition) is 5. The van der Waals surface area contributed by atoms with Crippen molar-refractivity contribution in [1.29, 1.82) is 0 Å². The second-order valence-electron chi connectivity index (χ2n) is 7.30. The number of esters is 1. The van der Waals surface area contributed by atoms with Crippen molar-refractivity contribution in [3.8, 4) is 5.75 Å². The molecule has 0 spiro atoms. The molecule has 0 saturated carbocycles. The zero-order valence-electron chi connectivity index (χ0n) is 17.0. The molecule has 1 heterocycles. The third-order valence-electron chi connectivity index (χ3n) is 5.06. The van der Waals surface area contributed by atoms with Crippen LogP contribution in [0.2, 0.25) is 0 Å². The molecule has 3 rings (SSSR count). The Bertz CT molecular complexity index is 812. The van der Waals surface area contributed by atoms with E-state index in [9.17, 15) is 9.59 Å². The molecule has 0 bridgehead atoms. The van der Waals surface area contributed by atoms with Gasteiger partial charge in [-0.2, -0.15) is 0 Å². The zero-order chi connectivity index (χ0) is 20.6. The fourth-order valence-corrected chi connectivity index (χ4v) is 3.32. The van der Waals surface area contributed by atoms with Crippen molar-refractivity contribution in [1.82, 2.24) is 4.90 Å². The summed E-state index contributed by atoms with van der Waals surface area (Å²) in [6.45, 7) is 4.71. The second kappa shape index (κ2) is 10.1. The van der Waals surface area contributed by atoms with E-state index in [0.29, 0.717) is 17.0 Å². The molecule has 0 radical (unpaired) electrons. The van der Waals surface area contributed by atoms with Gasteiger partial charge in [-0.15, -0.1) is 0 Å². The van der Waals surface area contributed by atoms with Gasteiger partial charge >= 0.3 is 5.97 Å². The molecule has 1 fully saturated rings. The van der Waals surface area contributed by atoms with E-state index in [1.54, 1.807) is 50.4 Å². The van der Waals surface area contributed by atoms with Gasteiger partial charge in [0.1, 0.15) is 5.75 Å². The topological polar surface area (TPSA) is 67.9 Å². The van der Waals surface area contributed by atoms with Gasteiger partial charge in [0.15, 0.2) is 6.10 Å². The molecule has 29 heavy (non-hydrogen) atoms. The Morgan fingerprint density at radius 3 is 2.28 bits per heavy atom. The number of rotatable bonds is 7. The number of amides is 1. The summed E-state index contributed by atoms with van der Waals surface area (Å²) in [6, 6.07) is 14.4. The van der Waals surface area contributed by atoms with Gasteiger partial charge < -0.3 is 14.8 Å². The minimum atomic E-state index is -0.905. The van der Waals surface area contributed by atoms with Crippen molar-refractivity contribution in [3.63, 3.8) is 0 Å². The molecule has 0 aromatic heterocycles. The lowest BCUT2D eigenvalue weighted by atomic mass is 10.1. The predicted octanol–water partition coefficient (Wildman–Crippen LogP) is 3.87. The highest BCUT2D eigenvalue weighted by molar-refractivity contribution is 5.97.